The first-order valence-electron chi connectivity index (χ1n) is 7.74. The molecule has 0 radical (unpaired) electrons. The van der Waals surface area contributed by atoms with Gasteiger partial charge in [0.15, 0.2) is 0 Å². The number of rotatable bonds is 8. The van der Waals surface area contributed by atoms with Crippen LogP contribution in [0.2, 0.25) is 0 Å². The molecular weight excluding hydrogens is 240 g/mol. The Morgan fingerprint density at radius 3 is 2.53 bits per heavy atom. The van der Waals surface area contributed by atoms with Crippen molar-refractivity contribution in [1.29, 1.82) is 0 Å². The minimum atomic E-state index is -0.361. The highest BCUT2D eigenvalue weighted by atomic mass is 16.5. The average Bonchev–Trinajstić information content (AvgIpc) is 2.89. The predicted molar refractivity (Wildman–Crippen MR) is 77.8 cm³/mol. The molecule has 0 aromatic carbocycles. The van der Waals surface area contributed by atoms with E-state index in [1.54, 1.807) is 0 Å². The number of hydrogen-bond acceptors (Lipinski definition) is 3. The molecule has 3 unspecified atom stereocenters. The van der Waals surface area contributed by atoms with Crippen molar-refractivity contribution in [2.24, 2.45) is 17.6 Å². The second-order valence-electron chi connectivity index (χ2n) is 5.68. The third-order valence-corrected chi connectivity index (χ3v) is 4.38. The maximum absolute atomic E-state index is 12.0. The molecule has 1 aliphatic carbocycles. The van der Waals surface area contributed by atoms with Crippen LogP contribution in [0.15, 0.2) is 0 Å². The van der Waals surface area contributed by atoms with Gasteiger partial charge in [-0.3, -0.25) is 4.79 Å². The van der Waals surface area contributed by atoms with Crippen LogP contribution in [0.1, 0.15) is 52.9 Å². The largest absolute Gasteiger partial charge is 0.368 e. The highest BCUT2D eigenvalue weighted by Gasteiger charge is 2.27. The maximum Gasteiger partial charge on any atom is 0.249 e. The summed E-state index contributed by atoms with van der Waals surface area (Å²) in [5, 5.41) is 3.03. The van der Waals surface area contributed by atoms with E-state index in [9.17, 15) is 4.79 Å². The van der Waals surface area contributed by atoms with E-state index in [4.69, 9.17) is 10.5 Å². The Morgan fingerprint density at radius 2 is 1.95 bits per heavy atom. The van der Waals surface area contributed by atoms with Gasteiger partial charge < -0.3 is 15.8 Å². The molecule has 0 saturated heterocycles. The van der Waals surface area contributed by atoms with Crippen molar-refractivity contribution in [2.75, 3.05) is 13.2 Å². The molecule has 0 aliphatic heterocycles. The van der Waals surface area contributed by atoms with Crippen LogP contribution < -0.4 is 11.1 Å². The summed E-state index contributed by atoms with van der Waals surface area (Å²) < 4.78 is 5.74. The van der Waals surface area contributed by atoms with E-state index in [1.807, 2.05) is 6.92 Å². The zero-order valence-corrected chi connectivity index (χ0v) is 12.7. The summed E-state index contributed by atoms with van der Waals surface area (Å²) in [6.45, 7) is 7.42. The molecule has 3 atom stereocenters. The molecule has 0 spiro atoms. The molecule has 3 N–H and O–H groups in total. The second kappa shape index (κ2) is 8.54. The predicted octanol–water partition coefficient (Wildman–Crippen LogP) is 2.07. The fourth-order valence-corrected chi connectivity index (χ4v) is 2.80. The van der Waals surface area contributed by atoms with E-state index in [1.165, 1.54) is 19.3 Å². The van der Waals surface area contributed by atoms with Crippen molar-refractivity contribution in [2.45, 2.75) is 65.0 Å². The Hall–Kier alpha value is -0.610. The summed E-state index contributed by atoms with van der Waals surface area (Å²) in [5.41, 5.74) is 5.76. The lowest BCUT2D eigenvalue weighted by molar-refractivity contribution is -0.133. The Labute approximate surface area is 117 Å². The fourth-order valence-electron chi connectivity index (χ4n) is 2.80. The van der Waals surface area contributed by atoms with Crippen LogP contribution in [0.4, 0.5) is 0 Å². The van der Waals surface area contributed by atoms with Gasteiger partial charge in [0.1, 0.15) is 6.10 Å². The van der Waals surface area contributed by atoms with Crippen LogP contribution in [-0.2, 0) is 9.53 Å². The molecule has 1 fully saturated rings. The van der Waals surface area contributed by atoms with Gasteiger partial charge in [-0.25, -0.2) is 0 Å². The van der Waals surface area contributed by atoms with Gasteiger partial charge in [0.25, 0.3) is 0 Å². The fraction of sp³-hybridized carbons (Fsp3) is 0.933. The molecular formula is C15H30N2O2. The quantitative estimate of drug-likeness (QED) is 0.709. The van der Waals surface area contributed by atoms with Crippen LogP contribution in [-0.4, -0.2) is 31.2 Å². The zero-order chi connectivity index (χ0) is 14.3. The van der Waals surface area contributed by atoms with E-state index < -0.39 is 0 Å². The zero-order valence-electron chi connectivity index (χ0n) is 12.7. The van der Waals surface area contributed by atoms with Gasteiger partial charge in [0.05, 0.1) is 6.61 Å². The van der Waals surface area contributed by atoms with Crippen molar-refractivity contribution in [3.05, 3.63) is 0 Å². The minimum absolute atomic E-state index is 0.0102. The van der Waals surface area contributed by atoms with Crippen LogP contribution in [0.25, 0.3) is 0 Å². The molecule has 0 aromatic rings. The highest BCUT2D eigenvalue weighted by Crippen LogP contribution is 2.31. The number of ether oxygens (including phenoxy) is 1. The first-order chi connectivity index (χ1) is 9.12. The molecule has 112 valence electrons. The average molecular weight is 270 g/mol. The van der Waals surface area contributed by atoms with Crippen LogP contribution in [0, 0.1) is 11.8 Å². The SMILES string of the molecule is CCC(CC)NC(=O)C(C)OCC1CCCC1CN. The summed E-state index contributed by atoms with van der Waals surface area (Å²) in [7, 11) is 0. The lowest BCUT2D eigenvalue weighted by atomic mass is 9.97. The summed E-state index contributed by atoms with van der Waals surface area (Å²) in [6.07, 6.45) is 5.20. The highest BCUT2D eigenvalue weighted by molar-refractivity contribution is 5.80. The third-order valence-electron chi connectivity index (χ3n) is 4.38. The number of nitrogens with two attached hydrogens (primary N) is 1. The Bertz CT molecular complexity index is 267. The molecule has 4 nitrogen and oxygen atoms in total. The topological polar surface area (TPSA) is 64.3 Å². The van der Waals surface area contributed by atoms with Crippen LogP contribution in [0.3, 0.4) is 0 Å². The number of hydrogen-bond donors (Lipinski definition) is 2. The third kappa shape index (κ3) is 5.11. The summed E-state index contributed by atoms with van der Waals surface area (Å²) >= 11 is 0. The van der Waals surface area contributed by atoms with Crippen molar-refractivity contribution in [3.63, 3.8) is 0 Å². The summed E-state index contributed by atoms with van der Waals surface area (Å²) in [4.78, 5) is 12.0. The van der Waals surface area contributed by atoms with Gasteiger partial charge in [-0.05, 0) is 51.0 Å². The van der Waals surface area contributed by atoms with Gasteiger partial charge in [-0.15, -0.1) is 0 Å². The smallest absolute Gasteiger partial charge is 0.249 e. The Kier molecular flexibility index (Phi) is 7.39. The molecule has 4 heteroatoms. The van der Waals surface area contributed by atoms with Crippen molar-refractivity contribution < 1.29 is 9.53 Å². The monoisotopic (exact) mass is 270 g/mol. The van der Waals surface area contributed by atoms with Gasteiger partial charge in [0, 0.05) is 6.04 Å². The van der Waals surface area contributed by atoms with E-state index >= 15 is 0 Å². The first kappa shape index (κ1) is 16.4. The van der Waals surface area contributed by atoms with Crippen molar-refractivity contribution in [1.82, 2.24) is 5.32 Å². The normalized spacial score (nSPS) is 24.7. The summed E-state index contributed by atoms with van der Waals surface area (Å²) in [5.74, 6) is 1.12. The second-order valence-corrected chi connectivity index (χ2v) is 5.68. The molecule has 19 heavy (non-hydrogen) atoms. The lowest BCUT2D eigenvalue weighted by Gasteiger charge is -2.22. The van der Waals surface area contributed by atoms with Crippen molar-refractivity contribution >= 4 is 5.91 Å². The molecule has 1 rings (SSSR count). The van der Waals surface area contributed by atoms with Crippen LogP contribution >= 0.6 is 0 Å². The minimum Gasteiger partial charge on any atom is -0.368 e. The van der Waals surface area contributed by atoms with Crippen LogP contribution in [0.5, 0.6) is 0 Å². The summed E-state index contributed by atoms with van der Waals surface area (Å²) in [6, 6.07) is 0.266. The van der Waals surface area contributed by atoms with E-state index in [0.717, 1.165) is 19.4 Å². The van der Waals surface area contributed by atoms with Gasteiger partial charge in [-0.1, -0.05) is 20.3 Å². The number of nitrogens with one attached hydrogen (secondary N) is 1. The molecule has 1 aliphatic rings. The molecule has 0 aromatic heterocycles. The standard InChI is InChI=1S/C15H30N2O2/c1-4-14(5-2)17-15(18)11(3)19-10-13-8-6-7-12(13)9-16/h11-14H,4-10,16H2,1-3H3,(H,17,18). The van der Waals surface area contributed by atoms with E-state index in [-0.39, 0.29) is 18.1 Å². The Balaban J connectivity index is 2.30. The van der Waals surface area contributed by atoms with Gasteiger partial charge >= 0.3 is 0 Å². The van der Waals surface area contributed by atoms with Gasteiger partial charge in [-0.2, -0.15) is 0 Å². The molecule has 1 saturated carbocycles. The van der Waals surface area contributed by atoms with E-state index in [2.05, 4.69) is 19.2 Å². The lowest BCUT2D eigenvalue weighted by Crippen LogP contribution is -2.41. The molecule has 1 amide bonds. The van der Waals surface area contributed by atoms with E-state index in [0.29, 0.717) is 18.4 Å². The first-order valence-corrected chi connectivity index (χ1v) is 7.74. The van der Waals surface area contributed by atoms with Crippen molar-refractivity contribution in [3.8, 4) is 0 Å². The number of carbonyl (C=O) groups is 1. The van der Waals surface area contributed by atoms with Gasteiger partial charge in [0.2, 0.25) is 5.91 Å². The number of carbonyl (C=O) groups excluding carboxylic acids is 1. The maximum atomic E-state index is 12.0. The Morgan fingerprint density at radius 1 is 1.32 bits per heavy atom. The molecule has 0 heterocycles. The molecule has 0 bridgehead atoms. The number of amides is 1.